The fraction of sp³-hybridized carbons (Fsp3) is 0.500. The van der Waals surface area contributed by atoms with Crippen LogP contribution >= 0.6 is 39.3 Å². The van der Waals surface area contributed by atoms with Crippen LogP contribution in [-0.2, 0) is 6.42 Å². The first-order valence-corrected chi connectivity index (χ1v) is 7.51. The molecular weight excluding hydrogens is 308 g/mol. The molecule has 4 heteroatoms. The number of hydrogen-bond acceptors (Lipinski definition) is 2. The first-order chi connectivity index (χ1) is 7.51. The molecule has 88 valence electrons. The highest BCUT2D eigenvalue weighted by atomic mass is 79.9. The summed E-state index contributed by atoms with van der Waals surface area (Å²) in [4.78, 5) is 0. The Bertz CT molecular complexity index is 399. The molecule has 1 saturated heterocycles. The lowest BCUT2D eigenvalue weighted by molar-refractivity contribution is 0.0464. The van der Waals surface area contributed by atoms with Gasteiger partial charge in [-0.25, -0.2) is 0 Å². The third-order valence-electron chi connectivity index (χ3n) is 3.17. The molecule has 1 fully saturated rings. The van der Waals surface area contributed by atoms with Crippen molar-refractivity contribution in [3.8, 4) is 0 Å². The van der Waals surface area contributed by atoms with Crippen LogP contribution in [0.2, 0.25) is 5.02 Å². The van der Waals surface area contributed by atoms with Crippen LogP contribution in [0, 0.1) is 0 Å². The minimum absolute atomic E-state index is 0.284. The van der Waals surface area contributed by atoms with Crippen molar-refractivity contribution in [3.63, 3.8) is 0 Å². The number of aliphatic hydroxyl groups is 1. The first kappa shape index (κ1) is 12.7. The Morgan fingerprint density at radius 3 is 2.94 bits per heavy atom. The number of halogens is 2. The van der Waals surface area contributed by atoms with Gasteiger partial charge in [0.2, 0.25) is 0 Å². The topological polar surface area (TPSA) is 20.2 Å². The second-order valence-corrected chi connectivity index (χ2v) is 7.05. The van der Waals surface area contributed by atoms with Gasteiger partial charge in [0, 0.05) is 21.2 Å². The minimum atomic E-state index is -0.595. The van der Waals surface area contributed by atoms with Gasteiger partial charge in [-0.1, -0.05) is 40.5 Å². The van der Waals surface area contributed by atoms with Crippen LogP contribution < -0.4 is 0 Å². The van der Waals surface area contributed by atoms with Gasteiger partial charge in [0.1, 0.15) is 0 Å². The monoisotopic (exact) mass is 320 g/mol. The van der Waals surface area contributed by atoms with Gasteiger partial charge < -0.3 is 5.11 Å². The number of rotatable bonds is 2. The van der Waals surface area contributed by atoms with Crippen LogP contribution in [0.3, 0.4) is 0 Å². The molecule has 0 saturated carbocycles. The predicted octanol–water partition coefficient (Wildman–Crippen LogP) is 3.90. The second-order valence-electron chi connectivity index (χ2n) is 4.28. The normalized spacial score (nSPS) is 29.6. The van der Waals surface area contributed by atoms with Gasteiger partial charge in [-0.05, 0) is 29.9 Å². The van der Waals surface area contributed by atoms with Gasteiger partial charge in [0.05, 0.1) is 5.60 Å². The van der Waals surface area contributed by atoms with Crippen molar-refractivity contribution in [2.45, 2.75) is 30.6 Å². The summed E-state index contributed by atoms with van der Waals surface area (Å²) in [6.45, 7) is 2.09. The minimum Gasteiger partial charge on any atom is -0.388 e. The SMILES string of the molecule is CC1SCCC1(O)Cc1ccc(Br)cc1Cl. The van der Waals surface area contributed by atoms with Crippen molar-refractivity contribution in [1.82, 2.24) is 0 Å². The maximum Gasteiger partial charge on any atom is 0.0811 e. The van der Waals surface area contributed by atoms with E-state index in [9.17, 15) is 5.11 Å². The molecule has 0 bridgehead atoms. The van der Waals surface area contributed by atoms with Gasteiger partial charge in [-0.15, -0.1) is 0 Å². The quantitative estimate of drug-likeness (QED) is 0.891. The summed E-state index contributed by atoms with van der Waals surface area (Å²) in [5.74, 6) is 1.03. The van der Waals surface area contributed by atoms with E-state index in [0.29, 0.717) is 6.42 Å². The average molecular weight is 322 g/mol. The van der Waals surface area contributed by atoms with Crippen molar-refractivity contribution in [3.05, 3.63) is 33.3 Å². The van der Waals surface area contributed by atoms with E-state index in [-0.39, 0.29) is 5.25 Å². The van der Waals surface area contributed by atoms with Crippen LogP contribution in [0.15, 0.2) is 22.7 Å². The summed E-state index contributed by atoms with van der Waals surface area (Å²) in [6, 6.07) is 5.84. The Kier molecular flexibility index (Phi) is 3.89. The molecule has 0 aromatic heterocycles. The van der Waals surface area contributed by atoms with Crippen LogP contribution in [0.5, 0.6) is 0 Å². The summed E-state index contributed by atoms with van der Waals surface area (Å²) in [5.41, 5.74) is 0.434. The van der Waals surface area contributed by atoms with E-state index >= 15 is 0 Å². The van der Waals surface area contributed by atoms with E-state index in [0.717, 1.165) is 27.2 Å². The molecule has 0 spiro atoms. The number of benzene rings is 1. The molecule has 16 heavy (non-hydrogen) atoms. The van der Waals surface area contributed by atoms with Crippen LogP contribution in [0.1, 0.15) is 18.9 Å². The van der Waals surface area contributed by atoms with Crippen molar-refractivity contribution in [2.24, 2.45) is 0 Å². The maximum absolute atomic E-state index is 10.5. The highest BCUT2D eigenvalue weighted by Crippen LogP contribution is 2.39. The Morgan fingerprint density at radius 2 is 2.38 bits per heavy atom. The largest absolute Gasteiger partial charge is 0.388 e. The molecule has 0 amide bonds. The van der Waals surface area contributed by atoms with E-state index in [1.54, 1.807) is 0 Å². The third kappa shape index (κ3) is 2.58. The Morgan fingerprint density at radius 1 is 1.62 bits per heavy atom. The summed E-state index contributed by atoms with van der Waals surface area (Å²) in [5, 5.41) is 11.5. The molecule has 2 atom stereocenters. The number of hydrogen-bond donors (Lipinski definition) is 1. The van der Waals surface area contributed by atoms with E-state index in [4.69, 9.17) is 11.6 Å². The summed E-state index contributed by atoms with van der Waals surface area (Å²) < 4.78 is 0.974. The number of thioether (sulfide) groups is 1. The van der Waals surface area contributed by atoms with Gasteiger partial charge >= 0.3 is 0 Å². The first-order valence-electron chi connectivity index (χ1n) is 5.29. The molecule has 1 aromatic rings. The molecule has 2 rings (SSSR count). The van der Waals surface area contributed by atoms with Crippen molar-refractivity contribution < 1.29 is 5.11 Å². The van der Waals surface area contributed by atoms with Gasteiger partial charge in [-0.2, -0.15) is 11.8 Å². The highest BCUT2D eigenvalue weighted by Gasteiger charge is 2.39. The van der Waals surface area contributed by atoms with Crippen molar-refractivity contribution >= 4 is 39.3 Å². The molecule has 1 N–H and O–H groups in total. The average Bonchev–Trinajstić information content (AvgIpc) is 2.52. The Balaban J connectivity index is 2.20. The molecule has 1 aromatic carbocycles. The Labute approximate surface area is 114 Å². The summed E-state index contributed by atoms with van der Waals surface area (Å²) >= 11 is 11.4. The molecule has 0 aliphatic carbocycles. The fourth-order valence-electron chi connectivity index (χ4n) is 2.00. The second kappa shape index (κ2) is 4.89. The maximum atomic E-state index is 10.5. The zero-order valence-corrected chi connectivity index (χ0v) is 12.2. The van der Waals surface area contributed by atoms with Gasteiger partial charge in [-0.3, -0.25) is 0 Å². The van der Waals surface area contributed by atoms with Crippen LogP contribution in [0.25, 0.3) is 0 Å². The van der Waals surface area contributed by atoms with Crippen LogP contribution in [-0.4, -0.2) is 21.7 Å². The predicted molar refractivity (Wildman–Crippen MR) is 74.3 cm³/mol. The molecule has 1 aliphatic rings. The zero-order chi connectivity index (χ0) is 11.8. The van der Waals surface area contributed by atoms with E-state index in [1.807, 2.05) is 30.0 Å². The summed E-state index contributed by atoms with van der Waals surface area (Å²) in [6.07, 6.45) is 1.50. The Hall–Kier alpha value is 0.300. The molecule has 1 heterocycles. The van der Waals surface area contributed by atoms with Gasteiger partial charge in [0.15, 0.2) is 0 Å². The van der Waals surface area contributed by atoms with Crippen molar-refractivity contribution in [1.29, 1.82) is 0 Å². The van der Waals surface area contributed by atoms with Gasteiger partial charge in [0.25, 0.3) is 0 Å². The molecular formula is C12H14BrClOS. The molecule has 1 aliphatic heterocycles. The van der Waals surface area contributed by atoms with E-state index < -0.39 is 5.60 Å². The van der Waals surface area contributed by atoms with Crippen LogP contribution in [0.4, 0.5) is 0 Å². The van der Waals surface area contributed by atoms with E-state index in [1.165, 1.54) is 0 Å². The molecule has 1 nitrogen and oxygen atoms in total. The molecule has 0 radical (unpaired) electrons. The zero-order valence-electron chi connectivity index (χ0n) is 9.04. The standard InChI is InChI=1S/C12H14BrClOS/c1-8-12(15,4-5-16-8)7-9-2-3-10(13)6-11(9)14/h2-3,6,8,15H,4-5,7H2,1H3. The third-order valence-corrected chi connectivity index (χ3v) is 5.39. The lowest BCUT2D eigenvalue weighted by Crippen LogP contribution is -2.37. The smallest absolute Gasteiger partial charge is 0.0811 e. The highest BCUT2D eigenvalue weighted by molar-refractivity contribution is 9.10. The van der Waals surface area contributed by atoms with E-state index in [2.05, 4.69) is 22.9 Å². The lowest BCUT2D eigenvalue weighted by Gasteiger charge is -2.27. The fourth-order valence-corrected chi connectivity index (χ4v) is 4.07. The summed E-state index contributed by atoms with van der Waals surface area (Å²) in [7, 11) is 0. The van der Waals surface area contributed by atoms with Crippen molar-refractivity contribution in [2.75, 3.05) is 5.75 Å². The lowest BCUT2D eigenvalue weighted by atomic mass is 9.89. The molecule has 2 unspecified atom stereocenters.